The Hall–Kier alpha value is -3.27. The molecule has 0 aliphatic heterocycles. The van der Waals surface area contributed by atoms with Gasteiger partial charge in [0.1, 0.15) is 17.9 Å². The number of fused-ring (bicyclic) bond motifs is 2. The van der Waals surface area contributed by atoms with Gasteiger partial charge in [-0.25, -0.2) is 0 Å². The van der Waals surface area contributed by atoms with Crippen LogP contribution in [0.4, 0.5) is 0 Å². The molecule has 4 nitrogen and oxygen atoms in total. The number of para-hydroxylation sites is 1. The Bertz CT molecular complexity index is 1100. The molecule has 0 aliphatic rings. The van der Waals surface area contributed by atoms with Crippen molar-refractivity contribution in [3.05, 3.63) is 82.5 Å². The largest absolute Gasteiger partial charge is 0.497 e. The molecule has 0 aliphatic carbocycles. The fraction of sp³-hybridized carbons (Fsp3) is 0.0952. The lowest BCUT2D eigenvalue weighted by molar-refractivity contribution is 0.305. The van der Waals surface area contributed by atoms with Gasteiger partial charge in [0.05, 0.1) is 17.9 Å². The zero-order valence-corrected chi connectivity index (χ0v) is 13.7. The molecule has 0 N–H and O–H groups in total. The lowest BCUT2D eigenvalue weighted by atomic mass is 10.1. The van der Waals surface area contributed by atoms with Crippen LogP contribution < -0.4 is 14.9 Å². The second-order valence-electron chi connectivity index (χ2n) is 5.70. The average molecular weight is 332 g/mol. The smallest absolute Gasteiger partial charge is 0.200 e. The Morgan fingerprint density at radius 2 is 1.76 bits per heavy atom. The third-order valence-corrected chi connectivity index (χ3v) is 4.11. The Labute approximate surface area is 144 Å². The fourth-order valence-electron chi connectivity index (χ4n) is 2.81. The highest BCUT2D eigenvalue weighted by atomic mass is 16.5. The molecule has 0 unspecified atom stereocenters. The number of benzene rings is 3. The Kier molecular flexibility index (Phi) is 3.86. The molecule has 25 heavy (non-hydrogen) atoms. The molecule has 0 spiro atoms. The van der Waals surface area contributed by atoms with Crippen molar-refractivity contribution in [3.63, 3.8) is 0 Å². The van der Waals surface area contributed by atoms with Crippen LogP contribution in [0.5, 0.6) is 11.5 Å². The highest BCUT2D eigenvalue weighted by Crippen LogP contribution is 2.29. The Balaban J connectivity index is 1.83. The van der Waals surface area contributed by atoms with Crippen molar-refractivity contribution in [2.75, 3.05) is 7.11 Å². The summed E-state index contributed by atoms with van der Waals surface area (Å²) in [5.74, 6) is 1.18. The van der Waals surface area contributed by atoms with Gasteiger partial charge < -0.3 is 13.9 Å². The number of hydrogen-bond donors (Lipinski definition) is 0. The maximum absolute atomic E-state index is 12.8. The maximum atomic E-state index is 12.8. The minimum atomic E-state index is -0.0796. The summed E-state index contributed by atoms with van der Waals surface area (Å²) in [6.07, 6.45) is 0. The standard InChI is InChI=1S/C21H16O4/c1-23-15-10-11-16-19(12-15)25-21-17(20(16)22)8-5-9-18(21)24-13-14-6-3-2-4-7-14/h2-12H,13H2,1H3. The minimum absolute atomic E-state index is 0.0796. The molecule has 4 aromatic rings. The average Bonchev–Trinajstić information content (AvgIpc) is 2.67. The first kappa shape index (κ1) is 15.3. The van der Waals surface area contributed by atoms with Crippen LogP contribution in [0, 0.1) is 0 Å². The lowest BCUT2D eigenvalue weighted by Crippen LogP contribution is -2.04. The number of ether oxygens (including phenoxy) is 2. The summed E-state index contributed by atoms with van der Waals surface area (Å²) in [5.41, 5.74) is 1.89. The molecule has 4 heteroatoms. The van der Waals surface area contributed by atoms with Gasteiger partial charge >= 0.3 is 0 Å². The topological polar surface area (TPSA) is 48.7 Å². The molecule has 3 aromatic carbocycles. The SMILES string of the molecule is COc1ccc2c(=O)c3cccc(OCc4ccccc4)c3oc2c1. The first-order valence-electron chi connectivity index (χ1n) is 7.96. The molecule has 0 saturated heterocycles. The summed E-state index contributed by atoms with van der Waals surface area (Å²) in [6.45, 7) is 0.403. The number of rotatable bonds is 4. The van der Waals surface area contributed by atoms with Gasteiger partial charge in [0, 0.05) is 6.07 Å². The molecule has 124 valence electrons. The molecule has 0 atom stereocenters. The first-order chi connectivity index (χ1) is 12.3. The van der Waals surface area contributed by atoms with Crippen LogP contribution in [-0.2, 0) is 6.61 Å². The monoisotopic (exact) mass is 332 g/mol. The lowest BCUT2D eigenvalue weighted by Gasteiger charge is -2.10. The van der Waals surface area contributed by atoms with Gasteiger partial charge in [-0.2, -0.15) is 0 Å². The second kappa shape index (κ2) is 6.32. The summed E-state index contributed by atoms with van der Waals surface area (Å²) in [4.78, 5) is 12.8. The normalized spacial score (nSPS) is 10.9. The number of hydrogen-bond acceptors (Lipinski definition) is 4. The molecule has 0 fully saturated rings. The molecule has 1 aromatic heterocycles. The van der Waals surface area contributed by atoms with Gasteiger partial charge in [0.15, 0.2) is 11.3 Å². The van der Waals surface area contributed by atoms with Crippen molar-refractivity contribution >= 4 is 21.9 Å². The summed E-state index contributed by atoms with van der Waals surface area (Å²) < 4.78 is 17.1. The molecule has 1 heterocycles. The van der Waals surface area contributed by atoms with Crippen LogP contribution in [0.2, 0.25) is 0 Å². The van der Waals surface area contributed by atoms with E-state index in [-0.39, 0.29) is 5.43 Å². The van der Waals surface area contributed by atoms with E-state index in [0.29, 0.717) is 40.0 Å². The van der Waals surface area contributed by atoms with Crippen molar-refractivity contribution in [2.24, 2.45) is 0 Å². The predicted octanol–water partition coefficient (Wildman–Crippen LogP) is 4.53. The summed E-state index contributed by atoms with van der Waals surface area (Å²) >= 11 is 0. The Morgan fingerprint density at radius 3 is 2.56 bits per heavy atom. The minimum Gasteiger partial charge on any atom is -0.497 e. The van der Waals surface area contributed by atoms with E-state index in [1.807, 2.05) is 30.3 Å². The highest BCUT2D eigenvalue weighted by Gasteiger charge is 2.12. The van der Waals surface area contributed by atoms with Gasteiger partial charge in [0.25, 0.3) is 0 Å². The van der Waals surface area contributed by atoms with E-state index in [1.54, 1.807) is 43.5 Å². The van der Waals surface area contributed by atoms with Gasteiger partial charge in [-0.05, 0) is 29.8 Å². The quantitative estimate of drug-likeness (QED) is 0.515. The van der Waals surface area contributed by atoms with Gasteiger partial charge in [-0.15, -0.1) is 0 Å². The van der Waals surface area contributed by atoms with Crippen molar-refractivity contribution in [1.82, 2.24) is 0 Å². The van der Waals surface area contributed by atoms with Crippen molar-refractivity contribution in [1.29, 1.82) is 0 Å². The van der Waals surface area contributed by atoms with Crippen LogP contribution in [0.15, 0.2) is 75.9 Å². The van der Waals surface area contributed by atoms with E-state index in [4.69, 9.17) is 13.9 Å². The maximum Gasteiger partial charge on any atom is 0.200 e. The van der Waals surface area contributed by atoms with Gasteiger partial charge in [-0.3, -0.25) is 4.79 Å². The zero-order chi connectivity index (χ0) is 17.2. The van der Waals surface area contributed by atoms with E-state index in [1.165, 1.54) is 0 Å². The molecule has 0 radical (unpaired) electrons. The van der Waals surface area contributed by atoms with Crippen molar-refractivity contribution < 1.29 is 13.9 Å². The van der Waals surface area contributed by atoms with Crippen LogP contribution in [0.3, 0.4) is 0 Å². The summed E-state index contributed by atoms with van der Waals surface area (Å²) in [7, 11) is 1.58. The zero-order valence-electron chi connectivity index (χ0n) is 13.7. The van der Waals surface area contributed by atoms with E-state index in [9.17, 15) is 4.79 Å². The highest BCUT2D eigenvalue weighted by molar-refractivity contribution is 5.92. The molecular weight excluding hydrogens is 316 g/mol. The van der Waals surface area contributed by atoms with Crippen molar-refractivity contribution in [2.45, 2.75) is 6.61 Å². The van der Waals surface area contributed by atoms with E-state index < -0.39 is 0 Å². The van der Waals surface area contributed by atoms with Gasteiger partial charge in [-0.1, -0.05) is 36.4 Å². The van der Waals surface area contributed by atoms with Crippen LogP contribution in [0.1, 0.15) is 5.56 Å². The molecular formula is C21H16O4. The third kappa shape index (κ3) is 2.83. The fourth-order valence-corrected chi connectivity index (χ4v) is 2.81. The molecule has 0 amide bonds. The predicted molar refractivity (Wildman–Crippen MR) is 97.3 cm³/mol. The van der Waals surface area contributed by atoms with Crippen molar-refractivity contribution in [3.8, 4) is 11.5 Å². The van der Waals surface area contributed by atoms with Crippen LogP contribution >= 0.6 is 0 Å². The van der Waals surface area contributed by atoms with E-state index >= 15 is 0 Å². The number of methoxy groups -OCH3 is 1. The Morgan fingerprint density at radius 1 is 0.920 bits per heavy atom. The van der Waals surface area contributed by atoms with Crippen LogP contribution in [0.25, 0.3) is 21.9 Å². The molecule has 0 bridgehead atoms. The molecule has 4 rings (SSSR count). The third-order valence-electron chi connectivity index (χ3n) is 4.11. The second-order valence-corrected chi connectivity index (χ2v) is 5.70. The first-order valence-corrected chi connectivity index (χ1v) is 7.96. The van der Waals surface area contributed by atoms with E-state index in [2.05, 4.69) is 0 Å². The molecule has 0 saturated carbocycles. The van der Waals surface area contributed by atoms with Crippen LogP contribution in [-0.4, -0.2) is 7.11 Å². The van der Waals surface area contributed by atoms with Gasteiger partial charge in [0.2, 0.25) is 5.43 Å². The van der Waals surface area contributed by atoms with E-state index in [0.717, 1.165) is 5.56 Å². The summed E-state index contributed by atoms with van der Waals surface area (Å²) in [5, 5.41) is 1.02. The summed E-state index contributed by atoms with van der Waals surface area (Å²) in [6, 6.07) is 20.4.